The smallest absolute Gasteiger partial charge is 0.165 e. The van der Waals surface area contributed by atoms with Gasteiger partial charge in [-0.25, -0.2) is 4.98 Å². The second-order valence-electron chi connectivity index (χ2n) is 5.67. The van der Waals surface area contributed by atoms with Gasteiger partial charge in [-0.1, -0.05) is 12.1 Å². The SMILES string of the molecule is Cc1nc2ccccc2n1-c1ccc(C(=O)C2CC2)cc1. The highest BCUT2D eigenvalue weighted by atomic mass is 16.1. The van der Waals surface area contributed by atoms with Crippen LogP contribution in [0.3, 0.4) is 0 Å². The molecule has 0 bridgehead atoms. The fourth-order valence-electron chi connectivity index (χ4n) is 2.83. The molecule has 0 atom stereocenters. The number of nitrogens with zero attached hydrogens (tertiary/aromatic N) is 2. The van der Waals surface area contributed by atoms with Crippen molar-refractivity contribution < 1.29 is 4.79 Å². The van der Waals surface area contributed by atoms with E-state index < -0.39 is 0 Å². The molecule has 104 valence electrons. The Balaban J connectivity index is 1.78. The quantitative estimate of drug-likeness (QED) is 0.679. The number of carbonyl (C=O) groups is 1. The average molecular weight is 276 g/mol. The standard InChI is InChI=1S/C18H16N2O/c1-12-19-16-4-2-3-5-17(16)20(12)15-10-8-14(9-11-15)18(21)13-6-7-13/h2-5,8-11,13H,6-7H2,1H3. The summed E-state index contributed by atoms with van der Waals surface area (Å²) in [5, 5.41) is 0. The molecule has 0 aliphatic heterocycles. The second-order valence-corrected chi connectivity index (χ2v) is 5.67. The molecule has 0 amide bonds. The Bertz CT molecular complexity index is 826. The predicted molar refractivity (Wildman–Crippen MR) is 82.9 cm³/mol. The lowest BCUT2D eigenvalue weighted by atomic mass is 10.1. The topological polar surface area (TPSA) is 34.9 Å². The van der Waals surface area contributed by atoms with Gasteiger partial charge in [0.2, 0.25) is 0 Å². The number of para-hydroxylation sites is 2. The van der Waals surface area contributed by atoms with Gasteiger partial charge in [-0.05, 0) is 56.2 Å². The number of aromatic nitrogens is 2. The van der Waals surface area contributed by atoms with Gasteiger partial charge in [0.15, 0.2) is 5.78 Å². The minimum atomic E-state index is 0.270. The van der Waals surface area contributed by atoms with Crippen molar-refractivity contribution in [1.29, 1.82) is 0 Å². The lowest BCUT2D eigenvalue weighted by Gasteiger charge is -2.08. The van der Waals surface area contributed by atoms with Crippen LogP contribution in [-0.4, -0.2) is 15.3 Å². The molecule has 1 aromatic heterocycles. The number of hydrogen-bond donors (Lipinski definition) is 0. The molecule has 1 heterocycles. The maximum Gasteiger partial charge on any atom is 0.165 e. The van der Waals surface area contributed by atoms with Gasteiger partial charge >= 0.3 is 0 Å². The Morgan fingerprint density at radius 1 is 1.10 bits per heavy atom. The number of carbonyl (C=O) groups excluding carboxylic acids is 1. The zero-order valence-electron chi connectivity index (χ0n) is 11.9. The van der Waals surface area contributed by atoms with Gasteiger partial charge in [0.1, 0.15) is 5.82 Å². The van der Waals surface area contributed by atoms with E-state index in [1.54, 1.807) is 0 Å². The molecule has 0 unspecified atom stereocenters. The Morgan fingerprint density at radius 3 is 2.52 bits per heavy atom. The molecule has 3 heteroatoms. The summed E-state index contributed by atoms with van der Waals surface area (Å²) in [6, 6.07) is 16.0. The van der Waals surface area contributed by atoms with Crippen LogP contribution in [0.15, 0.2) is 48.5 Å². The first-order chi connectivity index (χ1) is 10.2. The number of imidazole rings is 1. The molecule has 3 nitrogen and oxygen atoms in total. The van der Waals surface area contributed by atoms with Crippen LogP contribution in [0.4, 0.5) is 0 Å². The Morgan fingerprint density at radius 2 is 1.81 bits per heavy atom. The molecule has 2 aromatic carbocycles. The van der Waals surface area contributed by atoms with E-state index in [4.69, 9.17) is 0 Å². The first kappa shape index (κ1) is 12.3. The van der Waals surface area contributed by atoms with Crippen LogP contribution in [-0.2, 0) is 0 Å². The number of hydrogen-bond acceptors (Lipinski definition) is 2. The molecular weight excluding hydrogens is 260 g/mol. The molecule has 0 saturated heterocycles. The third kappa shape index (κ3) is 2.05. The maximum atomic E-state index is 12.1. The number of ketones is 1. The van der Waals surface area contributed by atoms with Gasteiger partial charge in [0.25, 0.3) is 0 Å². The molecule has 1 aliphatic rings. The Hall–Kier alpha value is -2.42. The zero-order chi connectivity index (χ0) is 14.4. The van der Waals surface area contributed by atoms with E-state index >= 15 is 0 Å². The van der Waals surface area contributed by atoms with Crippen molar-refractivity contribution in [2.75, 3.05) is 0 Å². The normalized spacial score (nSPS) is 14.5. The summed E-state index contributed by atoms with van der Waals surface area (Å²) in [6.45, 7) is 2.00. The van der Waals surface area contributed by atoms with E-state index in [2.05, 4.69) is 15.6 Å². The number of aryl methyl sites for hydroxylation is 1. The van der Waals surface area contributed by atoms with E-state index in [-0.39, 0.29) is 11.7 Å². The van der Waals surface area contributed by atoms with Crippen LogP contribution >= 0.6 is 0 Å². The highest BCUT2D eigenvalue weighted by Gasteiger charge is 2.30. The summed E-state index contributed by atoms with van der Waals surface area (Å²) < 4.78 is 2.13. The average Bonchev–Trinajstić information content (AvgIpc) is 3.29. The number of Topliss-reactive ketones (excluding diaryl/α,β-unsaturated/α-hetero) is 1. The fourth-order valence-corrected chi connectivity index (χ4v) is 2.83. The first-order valence-corrected chi connectivity index (χ1v) is 7.33. The highest BCUT2D eigenvalue weighted by molar-refractivity contribution is 5.99. The van der Waals surface area contributed by atoms with Gasteiger partial charge in [-0.3, -0.25) is 9.36 Å². The van der Waals surface area contributed by atoms with Gasteiger partial charge in [-0.15, -0.1) is 0 Å². The van der Waals surface area contributed by atoms with Crippen molar-refractivity contribution in [3.05, 3.63) is 59.9 Å². The van der Waals surface area contributed by atoms with Crippen LogP contribution in [0.2, 0.25) is 0 Å². The van der Waals surface area contributed by atoms with Crippen LogP contribution < -0.4 is 0 Å². The number of fused-ring (bicyclic) bond motifs is 1. The molecular formula is C18H16N2O. The Kier molecular flexibility index (Phi) is 2.67. The monoisotopic (exact) mass is 276 g/mol. The fraction of sp³-hybridized carbons (Fsp3) is 0.222. The third-order valence-electron chi connectivity index (χ3n) is 4.09. The minimum Gasteiger partial charge on any atom is -0.297 e. The van der Waals surface area contributed by atoms with Crippen molar-refractivity contribution in [3.8, 4) is 5.69 Å². The van der Waals surface area contributed by atoms with E-state index in [0.29, 0.717) is 0 Å². The van der Waals surface area contributed by atoms with Crippen LogP contribution in [0.25, 0.3) is 16.7 Å². The first-order valence-electron chi connectivity index (χ1n) is 7.33. The molecule has 1 aliphatic carbocycles. The van der Waals surface area contributed by atoms with Crippen molar-refractivity contribution in [3.63, 3.8) is 0 Å². The predicted octanol–water partition coefficient (Wildman–Crippen LogP) is 3.93. The minimum absolute atomic E-state index is 0.270. The molecule has 3 aromatic rings. The largest absolute Gasteiger partial charge is 0.297 e. The summed E-state index contributed by atoms with van der Waals surface area (Å²) in [7, 11) is 0. The number of benzene rings is 2. The summed E-state index contributed by atoms with van der Waals surface area (Å²) >= 11 is 0. The molecule has 1 fully saturated rings. The van der Waals surface area contributed by atoms with Crippen molar-refractivity contribution >= 4 is 16.8 Å². The van der Waals surface area contributed by atoms with Crippen molar-refractivity contribution in [1.82, 2.24) is 9.55 Å². The van der Waals surface area contributed by atoms with E-state index in [0.717, 1.165) is 41.0 Å². The molecule has 4 rings (SSSR count). The lowest BCUT2D eigenvalue weighted by Crippen LogP contribution is -2.02. The van der Waals surface area contributed by atoms with Gasteiger partial charge in [0.05, 0.1) is 11.0 Å². The van der Waals surface area contributed by atoms with Crippen LogP contribution in [0.1, 0.15) is 29.0 Å². The molecule has 0 N–H and O–H groups in total. The molecule has 0 radical (unpaired) electrons. The lowest BCUT2D eigenvalue weighted by molar-refractivity contribution is 0.0967. The molecule has 21 heavy (non-hydrogen) atoms. The van der Waals surface area contributed by atoms with E-state index in [1.165, 1.54) is 0 Å². The maximum absolute atomic E-state index is 12.1. The summed E-state index contributed by atoms with van der Waals surface area (Å²) in [4.78, 5) is 16.6. The summed E-state index contributed by atoms with van der Waals surface area (Å²) in [5.74, 6) is 1.51. The van der Waals surface area contributed by atoms with Gasteiger partial charge < -0.3 is 0 Å². The van der Waals surface area contributed by atoms with Gasteiger partial charge in [0, 0.05) is 17.2 Å². The number of rotatable bonds is 3. The highest BCUT2D eigenvalue weighted by Crippen LogP contribution is 2.32. The summed E-state index contributed by atoms with van der Waals surface area (Å²) in [6.07, 6.45) is 2.09. The third-order valence-corrected chi connectivity index (χ3v) is 4.09. The van der Waals surface area contributed by atoms with Crippen LogP contribution in [0, 0.1) is 12.8 Å². The van der Waals surface area contributed by atoms with Crippen LogP contribution in [0.5, 0.6) is 0 Å². The second kappa shape index (κ2) is 4.55. The Labute approximate surface area is 123 Å². The molecule has 1 saturated carbocycles. The van der Waals surface area contributed by atoms with Gasteiger partial charge in [-0.2, -0.15) is 0 Å². The van der Waals surface area contributed by atoms with E-state index in [1.807, 2.05) is 49.4 Å². The van der Waals surface area contributed by atoms with Crippen molar-refractivity contribution in [2.45, 2.75) is 19.8 Å². The molecule has 0 spiro atoms. The van der Waals surface area contributed by atoms with Crippen molar-refractivity contribution in [2.24, 2.45) is 5.92 Å². The summed E-state index contributed by atoms with van der Waals surface area (Å²) in [5.41, 5.74) is 3.96. The zero-order valence-corrected chi connectivity index (χ0v) is 11.9. The van der Waals surface area contributed by atoms with E-state index in [9.17, 15) is 4.79 Å².